The zero-order chi connectivity index (χ0) is 54.3. The van der Waals surface area contributed by atoms with Gasteiger partial charge in [0.25, 0.3) is 0 Å². The fourth-order valence-corrected chi connectivity index (χ4v) is 10.2. The zero-order valence-electron chi connectivity index (χ0n) is 49.1. The monoisotopic (exact) mass is 1060 g/mol. The summed E-state index contributed by atoms with van der Waals surface area (Å²) in [5, 5.41) is 54.5. The highest BCUT2D eigenvalue weighted by molar-refractivity contribution is 5.76. The number of nitrogens with one attached hydrogen (secondary N) is 1. The standard InChI is InChI=1S/C66H123NO8/c1-3-5-7-9-11-13-15-17-19-21-22-23-24-25-26-27-28-29-30-31-32-33-34-35-36-37-38-40-42-44-46-48-50-52-54-56-62(70)67-59(58-74-66-65(73)64(72)63(71)61(57-68)75-66)60(69)55-53-51-49-47-45-43-41-39-20-18-16-14-12-10-8-6-4-2/h20,27-28,39,45,47,53,55,59-61,63-66,68-69,71-73H,3-19,21-26,29-38,40-44,46,48-52,54,56-58H2,1-2H3,(H,67,70)/b28-27-,39-20+,47-45+,55-53+. The highest BCUT2D eigenvalue weighted by atomic mass is 16.7. The average molecular weight is 1060 g/mol. The number of unbranched alkanes of at least 4 members (excludes halogenated alkanes) is 40. The first-order valence-corrected chi connectivity index (χ1v) is 32.4. The van der Waals surface area contributed by atoms with E-state index in [1.807, 2.05) is 6.08 Å². The van der Waals surface area contributed by atoms with Crippen molar-refractivity contribution in [2.45, 2.75) is 352 Å². The molecule has 0 saturated carbocycles. The Kier molecular flexibility index (Phi) is 52.6. The van der Waals surface area contributed by atoms with Gasteiger partial charge >= 0.3 is 0 Å². The Labute approximate surface area is 463 Å². The molecule has 0 aromatic carbocycles. The van der Waals surface area contributed by atoms with Crippen LogP contribution in [0.4, 0.5) is 0 Å². The van der Waals surface area contributed by atoms with Crippen molar-refractivity contribution >= 4 is 5.91 Å². The molecule has 9 nitrogen and oxygen atoms in total. The van der Waals surface area contributed by atoms with Crippen molar-refractivity contribution in [1.82, 2.24) is 5.32 Å². The molecule has 1 amide bonds. The van der Waals surface area contributed by atoms with Gasteiger partial charge in [-0.05, 0) is 70.6 Å². The Hall–Kier alpha value is -1.85. The molecule has 1 fully saturated rings. The van der Waals surface area contributed by atoms with Crippen LogP contribution in [0.15, 0.2) is 48.6 Å². The van der Waals surface area contributed by atoms with Crippen LogP contribution < -0.4 is 5.32 Å². The first kappa shape index (κ1) is 71.2. The van der Waals surface area contributed by atoms with Crippen LogP contribution >= 0.6 is 0 Å². The van der Waals surface area contributed by atoms with E-state index in [2.05, 4.69) is 55.6 Å². The van der Waals surface area contributed by atoms with Crippen molar-refractivity contribution in [2.24, 2.45) is 0 Å². The van der Waals surface area contributed by atoms with Gasteiger partial charge in [-0.2, -0.15) is 0 Å². The topological polar surface area (TPSA) is 149 Å². The van der Waals surface area contributed by atoms with E-state index < -0.39 is 49.5 Å². The Morgan fingerprint density at radius 3 is 1.12 bits per heavy atom. The van der Waals surface area contributed by atoms with Crippen LogP contribution in [0.1, 0.15) is 309 Å². The summed E-state index contributed by atoms with van der Waals surface area (Å²) in [6.45, 7) is 3.78. The van der Waals surface area contributed by atoms with Crippen LogP contribution in [-0.4, -0.2) is 87.5 Å². The van der Waals surface area contributed by atoms with Gasteiger partial charge in [0.05, 0.1) is 25.4 Å². The van der Waals surface area contributed by atoms with Crippen LogP contribution in [0.25, 0.3) is 0 Å². The highest BCUT2D eigenvalue weighted by Crippen LogP contribution is 2.23. The SMILES string of the molecule is CCCCCCCCC/C=C/CC/C=C/CC/C=C/C(O)C(COC1OC(CO)C(O)C(O)C1O)NC(=O)CCCCCCCCCCCCCCCCCCC/C=C\CCCCCCCCCCCCCCCC. The number of allylic oxidation sites excluding steroid dienone is 7. The van der Waals surface area contributed by atoms with Crippen LogP contribution in [-0.2, 0) is 14.3 Å². The van der Waals surface area contributed by atoms with Gasteiger partial charge in [-0.25, -0.2) is 0 Å². The van der Waals surface area contributed by atoms with E-state index in [1.54, 1.807) is 6.08 Å². The molecule has 7 unspecified atom stereocenters. The average Bonchev–Trinajstić information content (AvgIpc) is 3.41. The van der Waals surface area contributed by atoms with Crippen LogP contribution in [0.5, 0.6) is 0 Å². The predicted molar refractivity (Wildman–Crippen MR) is 318 cm³/mol. The van der Waals surface area contributed by atoms with Crippen molar-refractivity contribution in [3.05, 3.63) is 48.6 Å². The summed E-state index contributed by atoms with van der Waals surface area (Å²) in [6, 6.07) is -0.828. The van der Waals surface area contributed by atoms with E-state index >= 15 is 0 Å². The zero-order valence-corrected chi connectivity index (χ0v) is 49.1. The molecule has 1 aliphatic rings. The van der Waals surface area contributed by atoms with Crippen molar-refractivity contribution in [3.63, 3.8) is 0 Å². The largest absolute Gasteiger partial charge is 0.394 e. The van der Waals surface area contributed by atoms with Crippen LogP contribution in [0.2, 0.25) is 0 Å². The molecule has 0 spiro atoms. The maximum absolute atomic E-state index is 13.1. The molecule has 0 radical (unpaired) electrons. The second-order valence-corrected chi connectivity index (χ2v) is 22.5. The van der Waals surface area contributed by atoms with Gasteiger partial charge in [-0.3, -0.25) is 4.79 Å². The number of hydrogen-bond donors (Lipinski definition) is 6. The lowest BCUT2D eigenvalue weighted by Crippen LogP contribution is -2.60. The fraction of sp³-hybridized carbons (Fsp3) is 0.864. The first-order valence-electron chi connectivity index (χ1n) is 32.4. The van der Waals surface area contributed by atoms with Crippen molar-refractivity contribution < 1.29 is 39.8 Å². The summed E-state index contributed by atoms with van der Waals surface area (Å²) in [5.41, 5.74) is 0. The van der Waals surface area contributed by atoms with E-state index in [0.29, 0.717) is 6.42 Å². The van der Waals surface area contributed by atoms with E-state index in [0.717, 1.165) is 44.9 Å². The second-order valence-electron chi connectivity index (χ2n) is 22.5. The van der Waals surface area contributed by atoms with E-state index in [9.17, 15) is 30.3 Å². The molecule has 440 valence electrons. The van der Waals surface area contributed by atoms with Crippen molar-refractivity contribution in [1.29, 1.82) is 0 Å². The first-order chi connectivity index (χ1) is 36.8. The van der Waals surface area contributed by atoms with Gasteiger partial charge in [0, 0.05) is 6.42 Å². The van der Waals surface area contributed by atoms with Gasteiger partial charge in [0.1, 0.15) is 24.4 Å². The molecule has 9 heteroatoms. The fourth-order valence-electron chi connectivity index (χ4n) is 10.2. The number of carbonyl (C=O) groups is 1. The van der Waals surface area contributed by atoms with Gasteiger partial charge in [-0.1, -0.05) is 281 Å². The number of aliphatic hydroxyl groups is 5. The molecule has 7 atom stereocenters. The molecule has 0 bridgehead atoms. The highest BCUT2D eigenvalue weighted by Gasteiger charge is 2.44. The molecule has 0 aromatic heterocycles. The Bertz CT molecular complexity index is 1320. The third kappa shape index (κ3) is 44.7. The van der Waals surface area contributed by atoms with Crippen molar-refractivity contribution in [3.8, 4) is 0 Å². The smallest absolute Gasteiger partial charge is 0.220 e. The molecular formula is C66H123NO8. The minimum Gasteiger partial charge on any atom is -0.394 e. The lowest BCUT2D eigenvalue weighted by atomic mass is 9.99. The quantitative estimate of drug-likeness (QED) is 0.0261. The number of hydrogen-bond acceptors (Lipinski definition) is 8. The maximum Gasteiger partial charge on any atom is 0.220 e. The van der Waals surface area contributed by atoms with Crippen LogP contribution in [0, 0.1) is 0 Å². The minimum absolute atomic E-state index is 0.187. The summed E-state index contributed by atoms with van der Waals surface area (Å²) >= 11 is 0. The normalized spacial score (nSPS) is 19.2. The predicted octanol–water partition coefficient (Wildman–Crippen LogP) is 16.9. The third-order valence-electron chi connectivity index (χ3n) is 15.4. The number of amides is 1. The molecule has 6 N–H and O–H groups in total. The second kappa shape index (κ2) is 55.5. The number of ether oxygens (including phenoxy) is 2. The summed E-state index contributed by atoms with van der Waals surface area (Å²) in [4.78, 5) is 13.1. The van der Waals surface area contributed by atoms with Gasteiger partial charge < -0.3 is 40.3 Å². The summed E-state index contributed by atoms with van der Waals surface area (Å²) in [6.07, 6.45) is 67.9. The molecular weight excluding hydrogens is 935 g/mol. The molecule has 1 aliphatic heterocycles. The van der Waals surface area contributed by atoms with Gasteiger partial charge in [-0.15, -0.1) is 0 Å². The lowest BCUT2D eigenvalue weighted by molar-refractivity contribution is -0.302. The Balaban J connectivity index is 2.11. The molecule has 1 saturated heterocycles. The number of carbonyl (C=O) groups excluding carboxylic acids is 1. The molecule has 0 aromatic rings. The van der Waals surface area contributed by atoms with Gasteiger partial charge in [0.2, 0.25) is 5.91 Å². The van der Waals surface area contributed by atoms with E-state index in [1.165, 1.54) is 244 Å². The number of aliphatic hydroxyl groups excluding tert-OH is 5. The van der Waals surface area contributed by atoms with Crippen molar-refractivity contribution in [2.75, 3.05) is 13.2 Å². The molecule has 0 aliphatic carbocycles. The van der Waals surface area contributed by atoms with Gasteiger partial charge in [0.15, 0.2) is 6.29 Å². The summed E-state index contributed by atoms with van der Waals surface area (Å²) in [7, 11) is 0. The summed E-state index contributed by atoms with van der Waals surface area (Å²) in [5.74, 6) is -0.187. The molecule has 1 heterocycles. The maximum atomic E-state index is 13.1. The summed E-state index contributed by atoms with van der Waals surface area (Å²) < 4.78 is 11.3. The van der Waals surface area contributed by atoms with E-state index in [4.69, 9.17) is 9.47 Å². The Morgan fingerprint density at radius 2 is 0.760 bits per heavy atom. The Morgan fingerprint density at radius 1 is 0.440 bits per heavy atom. The molecule has 1 rings (SSSR count). The number of rotatable bonds is 56. The van der Waals surface area contributed by atoms with E-state index in [-0.39, 0.29) is 12.5 Å². The minimum atomic E-state index is -1.57. The molecule has 75 heavy (non-hydrogen) atoms. The third-order valence-corrected chi connectivity index (χ3v) is 15.4. The van der Waals surface area contributed by atoms with Crippen LogP contribution in [0.3, 0.4) is 0 Å². The lowest BCUT2D eigenvalue weighted by Gasteiger charge is -2.40.